The highest BCUT2D eigenvalue weighted by Gasteiger charge is 2.14. The van der Waals surface area contributed by atoms with Crippen molar-refractivity contribution in [1.82, 2.24) is 0 Å². The van der Waals surface area contributed by atoms with Gasteiger partial charge in [0.05, 0.1) is 5.69 Å². The van der Waals surface area contributed by atoms with Gasteiger partial charge < -0.3 is 11.1 Å². The summed E-state index contributed by atoms with van der Waals surface area (Å²) in [4.78, 5) is 13.6. The number of carbonyl (C=O) groups excluding carboxylic acids is 1. The van der Waals surface area contributed by atoms with E-state index < -0.39 is 11.7 Å². The first-order valence-corrected chi connectivity index (χ1v) is 7.13. The van der Waals surface area contributed by atoms with Gasteiger partial charge in [-0.3, -0.25) is 4.79 Å². The van der Waals surface area contributed by atoms with E-state index in [1.165, 1.54) is 28.0 Å². The first kappa shape index (κ1) is 14.5. The van der Waals surface area contributed by atoms with Crippen molar-refractivity contribution < 1.29 is 9.18 Å². The number of nitrogens with two attached hydrogens (primary N) is 1. The maximum atomic E-state index is 13.8. The van der Waals surface area contributed by atoms with Crippen molar-refractivity contribution >= 4 is 22.9 Å². The van der Waals surface area contributed by atoms with E-state index in [1.54, 1.807) is 11.3 Å². The number of nitrogens with one attached hydrogen (secondary N) is 1. The average molecular weight is 292 g/mol. The number of benzene rings is 1. The maximum absolute atomic E-state index is 13.8. The monoisotopic (exact) mass is 292 g/mol. The van der Waals surface area contributed by atoms with Crippen molar-refractivity contribution in [1.29, 1.82) is 0 Å². The summed E-state index contributed by atoms with van der Waals surface area (Å²) in [6.45, 7) is 6.05. The predicted octanol–water partition coefficient (Wildman–Crippen LogP) is 3.78. The van der Waals surface area contributed by atoms with Crippen molar-refractivity contribution in [2.24, 2.45) is 5.73 Å². The smallest absolute Gasteiger partial charge is 0.248 e. The third-order valence-electron chi connectivity index (χ3n) is 3.17. The molecule has 1 heterocycles. The fourth-order valence-electron chi connectivity index (χ4n) is 2.18. The normalized spacial score (nSPS) is 12.2. The number of anilines is 1. The molecule has 0 saturated heterocycles. The van der Waals surface area contributed by atoms with Crippen molar-refractivity contribution in [2.45, 2.75) is 26.8 Å². The van der Waals surface area contributed by atoms with Gasteiger partial charge >= 0.3 is 0 Å². The van der Waals surface area contributed by atoms with Crippen LogP contribution in [-0.4, -0.2) is 5.91 Å². The van der Waals surface area contributed by atoms with Gasteiger partial charge in [-0.1, -0.05) is 0 Å². The van der Waals surface area contributed by atoms with Crippen LogP contribution in [0.1, 0.15) is 38.6 Å². The van der Waals surface area contributed by atoms with Gasteiger partial charge in [0, 0.05) is 21.4 Å². The van der Waals surface area contributed by atoms with Crippen LogP contribution in [0.3, 0.4) is 0 Å². The molecular formula is C15H17FN2OS. The summed E-state index contributed by atoms with van der Waals surface area (Å²) < 4.78 is 13.8. The number of hydrogen-bond acceptors (Lipinski definition) is 3. The minimum atomic E-state index is -0.566. The Morgan fingerprint density at radius 3 is 2.60 bits per heavy atom. The molecule has 2 aromatic rings. The second-order valence-electron chi connectivity index (χ2n) is 4.79. The summed E-state index contributed by atoms with van der Waals surface area (Å²) in [7, 11) is 0. The lowest BCUT2D eigenvalue weighted by Gasteiger charge is -2.16. The molecule has 0 aliphatic carbocycles. The predicted molar refractivity (Wildman–Crippen MR) is 80.7 cm³/mol. The van der Waals surface area contributed by atoms with Crippen LogP contribution >= 0.6 is 11.3 Å². The third-order valence-corrected chi connectivity index (χ3v) is 4.15. The van der Waals surface area contributed by atoms with Gasteiger partial charge in [0.15, 0.2) is 0 Å². The van der Waals surface area contributed by atoms with E-state index in [1.807, 2.05) is 20.8 Å². The minimum Gasteiger partial charge on any atom is -0.376 e. The molecule has 5 heteroatoms. The van der Waals surface area contributed by atoms with Crippen LogP contribution in [-0.2, 0) is 0 Å². The Balaban J connectivity index is 2.27. The first-order valence-electron chi connectivity index (χ1n) is 6.31. The highest BCUT2D eigenvalue weighted by atomic mass is 32.1. The molecule has 0 bridgehead atoms. The van der Waals surface area contributed by atoms with Gasteiger partial charge in [0.25, 0.3) is 0 Å². The van der Waals surface area contributed by atoms with Crippen LogP contribution < -0.4 is 11.1 Å². The number of aryl methyl sites for hydroxylation is 2. The van der Waals surface area contributed by atoms with Crippen LogP contribution in [0.15, 0.2) is 24.3 Å². The highest BCUT2D eigenvalue weighted by molar-refractivity contribution is 7.12. The number of rotatable bonds is 4. The van der Waals surface area contributed by atoms with E-state index in [-0.39, 0.29) is 11.7 Å². The van der Waals surface area contributed by atoms with Crippen molar-refractivity contribution in [2.75, 3.05) is 5.32 Å². The molecule has 0 fully saturated rings. The van der Waals surface area contributed by atoms with Gasteiger partial charge in [0.2, 0.25) is 5.91 Å². The second kappa shape index (κ2) is 5.63. The zero-order valence-corrected chi connectivity index (χ0v) is 12.5. The summed E-state index contributed by atoms with van der Waals surface area (Å²) in [6.07, 6.45) is 0. The fourth-order valence-corrected chi connectivity index (χ4v) is 3.20. The van der Waals surface area contributed by atoms with Gasteiger partial charge in [-0.05, 0) is 50.6 Å². The van der Waals surface area contributed by atoms with Crippen molar-refractivity contribution in [3.63, 3.8) is 0 Å². The molecule has 3 nitrogen and oxygen atoms in total. The Morgan fingerprint density at radius 1 is 1.35 bits per heavy atom. The maximum Gasteiger partial charge on any atom is 0.248 e. The first-order chi connectivity index (χ1) is 9.38. The highest BCUT2D eigenvalue weighted by Crippen LogP contribution is 2.29. The Labute approximate surface area is 121 Å². The molecule has 0 radical (unpaired) electrons. The standard InChI is InChI=1S/C15H17FN2OS/c1-8-6-12(10(3)20-8)9(2)18-14-7-11(15(17)19)4-5-13(14)16/h4-7,9,18H,1-3H3,(H2,17,19). The zero-order valence-electron chi connectivity index (χ0n) is 11.7. The lowest BCUT2D eigenvalue weighted by atomic mass is 10.1. The number of amides is 1. The minimum absolute atomic E-state index is 0.0439. The number of carbonyl (C=O) groups is 1. The summed E-state index contributed by atoms with van der Waals surface area (Å²) >= 11 is 1.71. The van der Waals surface area contributed by atoms with Crippen molar-refractivity contribution in [3.8, 4) is 0 Å². The molecular weight excluding hydrogens is 275 g/mol. The van der Waals surface area contributed by atoms with E-state index in [0.29, 0.717) is 5.56 Å². The van der Waals surface area contributed by atoms with E-state index in [0.717, 1.165) is 5.56 Å². The van der Waals surface area contributed by atoms with Gasteiger partial charge in [-0.15, -0.1) is 11.3 Å². The number of thiophene rings is 1. The summed E-state index contributed by atoms with van der Waals surface area (Å²) in [5.41, 5.74) is 6.93. The zero-order chi connectivity index (χ0) is 14.9. The molecule has 0 spiro atoms. The molecule has 1 atom stereocenters. The summed E-state index contributed by atoms with van der Waals surface area (Å²) in [5.74, 6) is -0.963. The molecule has 1 unspecified atom stereocenters. The van der Waals surface area contributed by atoms with Crippen LogP contribution in [0.2, 0.25) is 0 Å². The number of primary amides is 1. The Morgan fingerprint density at radius 2 is 2.05 bits per heavy atom. The van der Waals surface area contributed by atoms with Gasteiger partial charge in [0.1, 0.15) is 5.82 Å². The number of hydrogen-bond donors (Lipinski definition) is 2. The van der Waals surface area contributed by atoms with Crippen LogP contribution in [0, 0.1) is 19.7 Å². The number of halogens is 1. The molecule has 0 saturated carbocycles. The topological polar surface area (TPSA) is 55.1 Å². The molecule has 1 amide bonds. The van der Waals surface area contributed by atoms with Gasteiger partial charge in [-0.25, -0.2) is 4.39 Å². The molecule has 106 valence electrons. The molecule has 0 aliphatic rings. The molecule has 1 aromatic heterocycles. The fraction of sp³-hybridized carbons (Fsp3) is 0.267. The largest absolute Gasteiger partial charge is 0.376 e. The Bertz CT molecular complexity index is 651. The molecule has 3 N–H and O–H groups in total. The Hall–Kier alpha value is -1.88. The van der Waals surface area contributed by atoms with E-state index >= 15 is 0 Å². The van der Waals surface area contributed by atoms with Crippen LogP contribution in [0.4, 0.5) is 10.1 Å². The Kier molecular flexibility index (Phi) is 4.09. The lowest BCUT2D eigenvalue weighted by Crippen LogP contribution is -2.13. The quantitative estimate of drug-likeness (QED) is 0.901. The summed E-state index contributed by atoms with van der Waals surface area (Å²) in [6, 6.07) is 6.13. The van der Waals surface area contributed by atoms with Crippen LogP contribution in [0.25, 0.3) is 0 Å². The van der Waals surface area contributed by atoms with Crippen molar-refractivity contribution in [3.05, 3.63) is 51.0 Å². The lowest BCUT2D eigenvalue weighted by molar-refractivity contribution is 0.100. The third kappa shape index (κ3) is 2.99. The molecule has 2 rings (SSSR count). The SMILES string of the molecule is Cc1cc(C(C)Nc2cc(C(N)=O)ccc2F)c(C)s1. The second-order valence-corrected chi connectivity index (χ2v) is 6.25. The molecule has 0 aliphatic heterocycles. The molecule has 1 aromatic carbocycles. The summed E-state index contributed by atoms with van der Waals surface area (Å²) in [5, 5.41) is 3.10. The van der Waals surface area contributed by atoms with E-state index in [4.69, 9.17) is 5.73 Å². The van der Waals surface area contributed by atoms with Crippen LogP contribution in [0.5, 0.6) is 0 Å². The van der Waals surface area contributed by atoms with Gasteiger partial charge in [-0.2, -0.15) is 0 Å². The molecule has 20 heavy (non-hydrogen) atoms. The average Bonchev–Trinajstić information content (AvgIpc) is 2.71. The van der Waals surface area contributed by atoms with E-state index in [2.05, 4.69) is 11.4 Å². The van der Waals surface area contributed by atoms with E-state index in [9.17, 15) is 9.18 Å².